The van der Waals surface area contributed by atoms with Gasteiger partial charge in [-0.1, -0.05) is 39.3 Å². The number of fused-ring (bicyclic) bond motifs is 7. The molecular formula is C31H41NO5. The number of hydrogen-bond donors (Lipinski definition) is 1. The molecule has 3 saturated carbocycles. The van der Waals surface area contributed by atoms with E-state index >= 15 is 0 Å². The first-order chi connectivity index (χ1) is 17.3. The van der Waals surface area contributed by atoms with E-state index in [4.69, 9.17) is 4.74 Å². The Kier molecular flexibility index (Phi) is 5.78. The molecule has 0 bridgehead atoms. The fourth-order valence-corrected chi connectivity index (χ4v) is 10.0. The van der Waals surface area contributed by atoms with Crippen LogP contribution in [0, 0.1) is 62.1 Å². The SMILES string of the molecule is COC(=O)[C@]12CC[C@H](C)CC1C1C(=O)C=C3[C@@]4(C)C=C(C#N)C(=O)[C@](C)(CO)[C@@H]4CC[C@@]3(C)[C@]1(C)CC2. The molecule has 0 amide bonds. The second-order valence-corrected chi connectivity index (χ2v) is 13.8. The van der Waals surface area contributed by atoms with Crippen molar-refractivity contribution in [2.75, 3.05) is 13.7 Å². The van der Waals surface area contributed by atoms with Gasteiger partial charge in [-0.25, -0.2) is 0 Å². The van der Waals surface area contributed by atoms with Gasteiger partial charge in [-0.3, -0.25) is 14.4 Å². The first kappa shape index (κ1) is 26.4. The van der Waals surface area contributed by atoms with Crippen LogP contribution in [0.1, 0.15) is 79.6 Å². The van der Waals surface area contributed by atoms with Crippen molar-refractivity contribution in [1.82, 2.24) is 0 Å². The zero-order chi connectivity index (χ0) is 27.2. The number of ketones is 2. The monoisotopic (exact) mass is 507 g/mol. The molecule has 6 nitrogen and oxygen atoms in total. The van der Waals surface area contributed by atoms with Gasteiger partial charge in [-0.05, 0) is 86.5 Å². The fourth-order valence-electron chi connectivity index (χ4n) is 10.0. The highest BCUT2D eigenvalue weighted by atomic mass is 16.5. The van der Waals surface area contributed by atoms with E-state index in [-0.39, 0.29) is 58.3 Å². The van der Waals surface area contributed by atoms with E-state index in [1.165, 1.54) is 7.11 Å². The summed E-state index contributed by atoms with van der Waals surface area (Å²) in [5.41, 5.74) is -1.99. The van der Waals surface area contributed by atoms with Crippen molar-refractivity contribution in [3.63, 3.8) is 0 Å². The molecule has 9 atom stereocenters. The number of ether oxygens (including phenoxy) is 1. The van der Waals surface area contributed by atoms with Crippen molar-refractivity contribution in [3.05, 3.63) is 23.3 Å². The van der Waals surface area contributed by atoms with E-state index in [9.17, 15) is 24.8 Å². The minimum Gasteiger partial charge on any atom is -0.469 e. The zero-order valence-corrected chi connectivity index (χ0v) is 23.1. The molecule has 0 aromatic carbocycles. The van der Waals surface area contributed by atoms with Crippen molar-refractivity contribution in [2.24, 2.45) is 50.7 Å². The molecule has 1 N–H and O–H groups in total. The zero-order valence-electron chi connectivity index (χ0n) is 23.1. The van der Waals surface area contributed by atoms with Crippen LogP contribution in [0.5, 0.6) is 0 Å². The molecule has 0 spiro atoms. The Balaban J connectivity index is 1.70. The summed E-state index contributed by atoms with van der Waals surface area (Å²) in [5.74, 6) is -0.484. The molecule has 3 fully saturated rings. The smallest absolute Gasteiger partial charge is 0.312 e. The molecule has 2 unspecified atom stereocenters. The molecule has 0 radical (unpaired) electrons. The van der Waals surface area contributed by atoms with Crippen LogP contribution in [0.4, 0.5) is 0 Å². The van der Waals surface area contributed by atoms with E-state index in [2.05, 4.69) is 33.8 Å². The minimum absolute atomic E-state index is 0.0593. The lowest BCUT2D eigenvalue weighted by Gasteiger charge is -2.68. The second kappa shape index (κ2) is 8.12. The highest BCUT2D eigenvalue weighted by molar-refractivity contribution is 6.05. The van der Waals surface area contributed by atoms with Crippen molar-refractivity contribution in [3.8, 4) is 6.07 Å². The molecule has 200 valence electrons. The van der Waals surface area contributed by atoms with Crippen LogP contribution < -0.4 is 0 Å². The van der Waals surface area contributed by atoms with Crippen LogP contribution >= 0.6 is 0 Å². The maximum absolute atomic E-state index is 14.3. The van der Waals surface area contributed by atoms with Gasteiger partial charge in [0, 0.05) is 11.3 Å². The van der Waals surface area contributed by atoms with E-state index in [0.29, 0.717) is 12.3 Å². The largest absolute Gasteiger partial charge is 0.469 e. The fraction of sp³-hybridized carbons (Fsp3) is 0.742. The maximum Gasteiger partial charge on any atom is 0.312 e. The van der Waals surface area contributed by atoms with Crippen molar-refractivity contribution >= 4 is 17.5 Å². The van der Waals surface area contributed by atoms with Crippen molar-refractivity contribution in [1.29, 1.82) is 5.26 Å². The molecule has 0 aromatic rings. The normalized spacial score (nSPS) is 48.8. The highest BCUT2D eigenvalue weighted by Crippen LogP contribution is 2.74. The number of Topliss-reactive ketones (excluding diaryl/α,β-unsaturated/α-hetero) is 1. The molecule has 5 aliphatic rings. The number of carbonyl (C=O) groups excluding carboxylic acids is 3. The van der Waals surface area contributed by atoms with Crippen LogP contribution in [0.3, 0.4) is 0 Å². The molecule has 0 aromatic heterocycles. The number of rotatable bonds is 2. The molecule has 6 heteroatoms. The van der Waals surface area contributed by atoms with Crippen LogP contribution in [0.25, 0.3) is 0 Å². The van der Waals surface area contributed by atoms with Gasteiger partial charge in [0.25, 0.3) is 0 Å². The Labute approximate surface area is 220 Å². The number of hydrogen-bond acceptors (Lipinski definition) is 6. The Bertz CT molecular complexity index is 1180. The van der Waals surface area contributed by atoms with Gasteiger partial charge in [0.15, 0.2) is 11.6 Å². The number of aliphatic hydroxyl groups excluding tert-OH is 1. The third kappa shape index (κ3) is 3.04. The number of nitriles is 1. The molecular weight excluding hydrogens is 466 g/mol. The Morgan fingerprint density at radius 2 is 1.84 bits per heavy atom. The number of carbonyl (C=O) groups is 3. The van der Waals surface area contributed by atoms with Crippen LogP contribution in [0.15, 0.2) is 23.3 Å². The van der Waals surface area contributed by atoms with Gasteiger partial charge >= 0.3 is 5.97 Å². The van der Waals surface area contributed by atoms with Gasteiger partial charge in [-0.2, -0.15) is 5.26 Å². The summed E-state index contributed by atoms with van der Waals surface area (Å²) in [6.45, 7) is 10.2. The first-order valence-corrected chi connectivity index (χ1v) is 13.9. The molecule has 0 heterocycles. The van der Waals surface area contributed by atoms with Gasteiger partial charge in [0.05, 0.1) is 30.1 Å². The topological polar surface area (TPSA) is 104 Å². The van der Waals surface area contributed by atoms with Gasteiger partial charge in [0.2, 0.25) is 0 Å². The molecule has 5 rings (SSSR count). The maximum atomic E-state index is 14.3. The average Bonchev–Trinajstić information content (AvgIpc) is 2.87. The van der Waals surface area contributed by atoms with Gasteiger partial charge in [0.1, 0.15) is 6.07 Å². The van der Waals surface area contributed by atoms with E-state index < -0.39 is 16.2 Å². The summed E-state index contributed by atoms with van der Waals surface area (Å²) in [7, 11) is 1.46. The Morgan fingerprint density at radius 1 is 1.14 bits per heavy atom. The summed E-state index contributed by atoms with van der Waals surface area (Å²) in [5, 5.41) is 20.3. The lowest BCUT2D eigenvalue weighted by atomic mass is 9.34. The molecule has 0 aliphatic heterocycles. The lowest BCUT2D eigenvalue weighted by Crippen LogP contribution is -2.65. The summed E-state index contributed by atoms with van der Waals surface area (Å²) in [4.78, 5) is 40.8. The van der Waals surface area contributed by atoms with Crippen molar-refractivity contribution < 1.29 is 24.2 Å². The number of allylic oxidation sites excluding steroid dienone is 4. The summed E-state index contributed by atoms with van der Waals surface area (Å²) in [6.07, 6.45) is 9.19. The van der Waals surface area contributed by atoms with E-state index in [0.717, 1.165) is 44.1 Å². The Morgan fingerprint density at radius 3 is 2.46 bits per heavy atom. The molecule has 5 aliphatic carbocycles. The predicted octanol–water partition coefficient (Wildman–Crippen LogP) is 4.96. The summed E-state index contributed by atoms with van der Waals surface area (Å²) < 4.78 is 5.36. The second-order valence-electron chi connectivity index (χ2n) is 13.8. The average molecular weight is 508 g/mol. The van der Waals surface area contributed by atoms with E-state index in [1.807, 2.05) is 6.08 Å². The minimum atomic E-state index is -1.07. The highest BCUT2D eigenvalue weighted by Gasteiger charge is 2.70. The number of methoxy groups -OCH3 is 1. The number of aliphatic hydroxyl groups is 1. The van der Waals surface area contributed by atoms with Gasteiger partial charge in [-0.15, -0.1) is 0 Å². The van der Waals surface area contributed by atoms with Gasteiger partial charge < -0.3 is 9.84 Å². The van der Waals surface area contributed by atoms with Crippen molar-refractivity contribution in [2.45, 2.75) is 79.6 Å². The lowest BCUT2D eigenvalue weighted by molar-refractivity contribution is -0.187. The predicted molar refractivity (Wildman–Crippen MR) is 138 cm³/mol. The molecule has 37 heavy (non-hydrogen) atoms. The van der Waals surface area contributed by atoms with Crippen LogP contribution in [-0.4, -0.2) is 36.4 Å². The van der Waals surface area contributed by atoms with Crippen LogP contribution in [-0.2, 0) is 19.1 Å². The molecule has 0 saturated heterocycles. The van der Waals surface area contributed by atoms with E-state index in [1.54, 1.807) is 13.0 Å². The standard InChI is InChI=1S/C31H41NO5/c1-18-7-10-31(26(36)37-6)12-11-30(5)24(20(31)13-18)21(34)14-23-27(2)15-19(16-32)25(35)28(3,17-33)22(27)8-9-29(23,30)4/h14-15,18,20,22,24,33H,7-13,17H2,1-6H3/t18-,20?,22+,24?,27-,28+,29+,30+,31-/m0/s1. The third-order valence-electron chi connectivity index (χ3n) is 12.3. The first-order valence-electron chi connectivity index (χ1n) is 13.9. The number of esters is 1. The van der Waals surface area contributed by atoms with Crippen LogP contribution in [0.2, 0.25) is 0 Å². The third-order valence-corrected chi connectivity index (χ3v) is 12.3. The quantitative estimate of drug-likeness (QED) is 0.530. The summed E-state index contributed by atoms with van der Waals surface area (Å²) >= 11 is 0. The number of nitrogens with zero attached hydrogens (tertiary/aromatic N) is 1. The Hall–Kier alpha value is -2.26. The summed E-state index contributed by atoms with van der Waals surface area (Å²) in [6, 6.07) is 2.09.